The first-order chi connectivity index (χ1) is 18.8. The van der Waals surface area contributed by atoms with Crippen LogP contribution < -0.4 is 26.3 Å². The molecule has 0 saturated heterocycles. The number of nitrogens with zero attached hydrogens (tertiary/aromatic N) is 2. The van der Waals surface area contributed by atoms with Crippen molar-refractivity contribution in [2.75, 3.05) is 26.3 Å². The Morgan fingerprint density at radius 2 is 1.82 bits per heavy atom. The van der Waals surface area contributed by atoms with Gasteiger partial charge in [-0.3, -0.25) is 10.7 Å². The van der Waals surface area contributed by atoms with Crippen LogP contribution in [0.3, 0.4) is 0 Å². The van der Waals surface area contributed by atoms with Gasteiger partial charge in [-0.2, -0.15) is 0 Å². The second-order valence-corrected chi connectivity index (χ2v) is 9.03. The van der Waals surface area contributed by atoms with Crippen LogP contribution in [0.1, 0.15) is 36.6 Å². The number of hydrogen-bond acceptors (Lipinski definition) is 10. The molecule has 0 bridgehead atoms. The molecule has 3 unspecified atom stereocenters. The van der Waals surface area contributed by atoms with Crippen molar-refractivity contribution in [2.45, 2.75) is 45.2 Å². The van der Waals surface area contributed by atoms with E-state index in [1.807, 2.05) is 18.2 Å². The molecule has 0 aromatic heterocycles. The van der Waals surface area contributed by atoms with Gasteiger partial charge in [0.1, 0.15) is 17.3 Å². The van der Waals surface area contributed by atoms with E-state index >= 15 is 0 Å². The van der Waals surface area contributed by atoms with E-state index in [1.165, 1.54) is 0 Å². The number of aliphatic imine (C=N–C) groups is 1. The van der Waals surface area contributed by atoms with E-state index in [2.05, 4.69) is 10.3 Å². The van der Waals surface area contributed by atoms with Gasteiger partial charge in [0.15, 0.2) is 12.1 Å². The van der Waals surface area contributed by atoms with Gasteiger partial charge in [-0.15, -0.1) is 0 Å². The van der Waals surface area contributed by atoms with E-state index in [1.54, 1.807) is 43.0 Å². The number of fused-ring (bicyclic) bond motifs is 1. The Balaban J connectivity index is 1.47. The summed E-state index contributed by atoms with van der Waals surface area (Å²) in [4.78, 5) is 30.7. The summed E-state index contributed by atoms with van der Waals surface area (Å²) in [5, 5.41) is 10.7. The van der Waals surface area contributed by atoms with Crippen LogP contribution in [-0.4, -0.2) is 67.2 Å². The molecule has 2 heterocycles. The van der Waals surface area contributed by atoms with Gasteiger partial charge in [-0.05, 0) is 55.7 Å². The fourth-order valence-corrected chi connectivity index (χ4v) is 4.36. The number of carbonyl (C=O) groups is 2. The Hall–Kier alpha value is -4.32. The van der Waals surface area contributed by atoms with Gasteiger partial charge in [-0.25, -0.2) is 14.6 Å². The van der Waals surface area contributed by atoms with Crippen LogP contribution >= 0.6 is 0 Å². The second kappa shape index (κ2) is 12.5. The number of nitrogens with two attached hydrogens (primary N) is 2. The highest BCUT2D eigenvalue weighted by Gasteiger charge is 2.29. The van der Waals surface area contributed by atoms with Crippen LogP contribution in [0.4, 0.5) is 0 Å². The fraction of sp³-hybridized carbons (Fsp3) is 0.407. The first-order valence-electron chi connectivity index (χ1n) is 12.8. The molecule has 0 radical (unpaired) electrons. The minimum Gasteiger partial charge on any atom is -0.481 e. The van der Waals surface area contributed by atoms with Crippen molar-refractivity contribution in [3.63, 3.8) is 0 Å². The monoisotopic (exact) mass is 538 g/mol. The Bertz CT molecular complexity index is 1230. The molecule has 2 aromatic carbocycles. The van der Waals surface area contributed by atoms with E-state index in [-0.39, 0.29) is 31.6 Å². The largest absolute Gasteiger partial charge is 0.481 e. The van der Waals surface area contributed by atoms with Crippen LogP contribution in [0.5, 0.6) is 11.5 Å². The van der Waals surface area contributed by atoms with Crippen molar-refractivity contribution in [1.29, 1.82) is 5.41 Å². The van der Waals surface area contributed by atoms with Gasteiger partial charge in [0.05, 0.1) is 13.2 Å². The van der Waals surface area contributed by atoms with Crippen LogP contribution in [0.25, 0.3) is 0 Å². The zero-order valence-electron chi connectivity index (χ0n) is 22.0. The summed E-state index contributed by atoms with van der Waals surface area (Å²) >= 11 is 0. The van der Waals surface area contributed by atoms with E-state index in [0.717, 1.165) is 17.5 Å². The van der Waals surface area contributed by atoms with Crippen molar-refractivity contribution in [3.05, 3.63) is 59.2 Å². The van der Waals surface area contributed by atoms with Crippen molar-refractivity contribution < 1.29 is 28.5 Å². The Kier molecular flexibility index (Phi) is 8.87. The molecule has 2 aromatic rings. The first-order valence-corrected chi connectivity index (χ1v) is 12.8. The van der Waals surface area contributed by atoms with Crippen molar-refractivity contribution in [2.24, 2.45) is 16.5 Å². The molecule has 0 aliphatic carbocycles. The summed E-state index contributed by atoms with van der Waals surface area (Å²) in [5.74, 6) is 0.189. The standard InChI is InChI=1S/C27H34N6O6/c1-3-36-25(34)22(39-20-10-5-16-11-12-33(27(29)30)15-18(16)13-20)17-6-8-19(9-7-17)38-21-14-31-24(32-23(21)28)26(35)37-4-2/h5-10,13,21-22,24,31H,3-4,11-12,14-15H2,1-2H3,(H2,28,32)(H3,29,30). The Labute approximate surface area is 226 Å². The van der Waals surface area contributed by atoms with Gasteiger partial charge in [0.2, 0.25) is 12.3 Å². The number of guanidine groups is 1. The average molecular weight is 539 g/mol. The van der Waals surface area contributed by atoms with E-state index < -0.39 is 30.3 Å². The summed E-state index contributed by atoms with van der Waals surface area (Å²) in [6.45, 7) is 5.37. The number of amidine groups is 1. The smallest absolute Gasteiger partial charge is 0.352 e. The maximum absolute atomic E-state index is 12.8. The number of nitrogens with one attached hydrogen (secondary N) is 2. The Morgan fingerprint density at radius 3 is 2.49 bits per heavy atom. The molecule has 2 aliphatic rings. The van der Waals surface area contributed by atoms with Crippen molar-refractivity contribution >= 4 is 23.7 Å². The molecule has 12 nitrogen and oxygen atoms in total. The number of rotatable bonds is 9. The lowest BCUT2D eigenvalue weighted by atomic mass is 9.99. The molecule has 0 amide bonds. The zero-order valence-corrected chi connectivity index (χ0v) is 22.0. The van der Waals surface area contributed by atoms with Gasteiger partial charge in [0.25, 0.3) is 0 Å². The van der Waals surface area contributed by atoms with Gasteiger partial charge >= 0.3 is 11.9 Å². The quantitative estimate of drug-likeness (QED) is 0.206. The maximum atomic E-state index is 12.8. The molecule has 208 valence electrons. The summed E-state index contributed by atoms with van der Waals surface area (Å²) < 4.78 is 22.3. The summed E-state index contributed by atoms with van der Waals surface area (Å²) in [6, 6.07) is 12.5. The van der Waals surface area contributed by atoms with Crippen LogP contribution in [0, 0.1) is 5.41 Å². The normalized spacial score (nSPS) is 19.2. The molecule has 0 saturated carbocycles. The second-order valence-electron chi connectivity index (χ2n) is 9.03. The molecule has 0 spiro atoms. The minimum absolute atomic E-state index is 0.0227. The molecule has 3 atom stereocenters. The minimum atomic E-state index is -1.00. The van der Waals surface area contributed by atoms with Gasteiger partial charge < -0.3 is 35.3 Å². The molecule has 0 fully saturated rings. The third-order valence-electron chi connectivity index (χ3n) is 6.36. The molecular weight excluding hydrogens is 504 g/mol. The number of benzene rings is 2. The first kappa shape index (κ1) is 27.7. The van der Waals surface area contributed by atoms with E-state index in [0.29, 0.717) is 30.2 Å². The molecular formula is C27H34N6O6. The number of hydrogen-bond donors (Lipinski definition) is 4. The summed E-state index contributed by atoms with van der Waals surface area (Å²) in [6.07, 6.45) is -1.67. The van der Waals surface area contributed by atoms with Gasteiger partial charge in [-0.1, -0.05) is 18.2 Å². The van der Waals surface area contributed by atoms with Gasteiger partial charge in [0, 0.05) is 25.2 Å². The molecule has 12 heteroatoms. The molecule has 4 rings (SSSR count). The number of esters is 2. The lowest BCUT2D eigenvalue weighted by Crippen LogP contribution is -2.53. The summed E-state index contributed by atoms with van der Waals surface area (Å²) in [5.41, 5.74) is 14.4. The lowest BCUT2D eigenvalue weighted by molar-refractivity contribution is -0.151. The van der Waals surface area contributed by atoms with Crippen molar-refractivity contribution in [3.8, 4) is 11.5 Å². The van der Waals surface area contributed by atoms with Crippen LogP contribution in [0.15, 0.2) is 47.5 Å². The predicted molar refractivity (Wildman–Crippen MR) is 143 cm³/mol. The molecule has 39 heavy (non-hydrogen) atoms. The third-order valence-corrected chi connectivity index (χ3v) is 6.36. The molecule has 6 N–H and O–H groups in total. The number of ether oxygens (including phenoxy) is 4. The topological polar surface area (TPSA) is 175 Å². The Morgan fingerprint density at radius 1 is 1.10 bits per heavy atom. The number of carbonyl (C=O) groups excluding carboxylic acids is 2. The SMILES string of the molecule is CCOC(=O)C1N=C(N)C(Oc2ccc(C(Oc3ccc4c(c3)CN(C(=N)N)CC4)C(=O)OCC)cc2)CN1. The fourth-order valence-electron chi connectivity index (χ4n) is 4.36. The lowest BCUT2D eigenvalue weighted by Gasteiger charge is -2.29. The summed E-state index contributed by atoms with van der Waals surface area (Å²) in [7, 11) is 0. The highest BCUT2D eigenvalue weighted by molar-refractivity contribution is 5.89. The predicted octanol–water partition coefficient (Wildman–Crippen LogP) is 1.22. The molecule has 2 aliphatic heterocycles. The average Bonchev–Trinajstić information content (AvgIpc) is 2.93. The maximum Gasteiger partial charge on any atom is 0.352 e. The highest BCUT2D eigenvalue weighted by atomic mass is 16.6. The van der Waals surface area contributed by atoms with E-state index in [9.17, 15) is 9.59 Å². The zero-order chi connectivity index (χ0) is 27.9. The van der Waals surface area contributed by atoms with Crippen molar-refractivity contribution in [1.82, 2.24) is 10.2 Å². The van der Waals surface area contributed by atoms with Crippen LogP contribution in [0.2, 0.25) is 0 Å². The van der Waals surface area contributed by atoms with E-state index in [4.69, 9.17) is 35.8 Å². The third kappa shape index (κ3) is 6.77. The highest BCUT2D eigenvalue weighted by Crippen LogP contribution is 2.29. The van der Waals surface area contributed by atoms with Crippen LogP contribution in [-0.2, 0) is 32.0 Å².